The first-order valence-electron chi connectivity index (χ1n) is 6.00. The predicted octanol–water partition coefficient (Wildman–Crippen LogP) is 1.30. The number of carbonyl (C=O) groups is 1. The summed E-state index contributed by atoms with van der Waals surface area (Å²) in [5.41, 5.74) is 1.68. The molecule has 1 saturated heterocycles. The molecular formula is C13H15N3O. The lowest BCUT2D eigenvalue weighted by atomic mass is 10.0. The molecule has 3 rings (SSSR count). The van der Waals surface area contributed by atoms with Crippen LogP contribution in [0, 0.1) is 5.92 Å². The molecule has 4 heteroatoms. The number of aromatic nitrogens is 2. The van der Waals surface area contributed by atoms with Crippen LogP contribution in [0.4, 0.5) is 0 Å². The van der Waals surface area contributed by atoms with E-state index in [0.717, 1.165) is 37.1 Å². The molecular weight excluding hydrogens is 214 g/mol. The highest BCUT2D eigenvalue weighted by molar-refractivity contribution is 5.74. The van der Waals surface area contributed by atoms with Gasteiger partial charge in [0, 0.05) is 6.42 Å². The number of nitrogens with zero attached hydrogens (tertiary/aromatic N) is 2. The number of carbonyl (C=O) groups excluding carboxylic acids is 1. The van der Waals surface area contributed by atoms with E-state index in [4.69, 9.17) is 0 Å². The Bertz CT molecular complexity index is 541. The molecule has 1 aliphatic heterocycles. The summed E-state index contributed by atoms with van der Waals surface area (Å²) in [6.45, 7) is 2.15. The Morgan fingerprint density at radius 2 is 2.47 bits per heavy atom. The maximum atomic E-state index is 11.0. The van der Waals surface area contributed by atoms with Gasteiger partial charge in [-0.3, -0.25) is 9.20 Å². The average molecular weight is 229 g/mol. The Morgan fingerprint density at radius 3 is 3.24 bits per heavy atom. The minimum absolute atomic E-state index is 0.639. The van der Waals surface area contributed by atoms with Gasteiger partial charge in [0.05, 0.1) is 17.4 Å². The molecule has 0 saturated carbocycles. The molecule has 0 radical (unpaired) electrons. The highest BCUT2D eigenvalue weighted by Crippen LogP contribution is 2.17. The number of hydrogen-bond acceptors (Lipinski definition) is 3. The number of rotatable bonds is 3. The van der Waals surface area contributed by atoms with E-state index in [0.29, 0.717) is 11.6 Å². The second kappa shape index (κ2) is 4.30. The molecule has 88 valence electrons. The summed E-state index contributed by atoms with van der Waals surface area (Å²) in [5, 5.41) is 3.35. The van der Waals surface area contributed by atoms with Gasteiger partial charge in [-0.1, -0.05) is 6.07 Å². The minimum atomic E-state index is 0.639. The van der Waals surface area contributed by atoms with Crippen molar-refractivity contribution in [2.24, 2.45) is 5.92 Å². The molecule has 1 fully saturated rings. The first-order valence-corrected chi connectivity index (χ1v) is 6.00. The molecule has 17 heavy (non-hydrogen) atoms. The molecule has 4 nitrogen and oxygen atoms in total. The first-order chi connectivity index (χ1) is 8.38. The number of nitrogens with one attached hydrogen (secondary N) is 1. The van der Waals surface area contributed by atoms with Gasteiger partial charge in [-0.2, -0.15) is 0 Å². The fourth-order valence-corrected chi connectivity index (χ4v) is 2.52. The number of aldehydes is 1. The maximum Gasteiger partial charge on any atom is 0.166 e. The molecule has 0 aliphatic carbocycles. The highest BCUT2D eigenvalue weighted by Gasteiger charge is 2.18. The Morgan fingerprint density at radius 1 is 1.53 bits per heavy atom. The lowest BCUT2D eigenvalue weighted by Crippen LogP contribution is -2.13. The van der Waals surface area contributed by atoms with E-state index in [1.165, 1.54) is 6.42 Å². The van der Waals surface area contributed by atoms with Crippen LogP contribution in [0.2, 0.25) is 0 Å². The third-order valence-corrected chi connectivity index (χ3v) is 3.41. The second-order valence-electron chi connectivity index (χ2n) is 4.57. The van der Waals surface area contributed by atoms with Crippen molar-refractivity contribution in [3.05, 3.63) is 35.9 Å². The fraction of sp³-hybridized carbons (Fsp3) is 0.385. The van der Waals surface area contributed by atoms with Crippen molar-refractivity contribution in [3.8, 4) is 0 Å². The summed E-state index contributed by atoms with van der Waals surface area (Å²) in [6.07, 6.45) is 4.86. The zero-order valence-corrected chi connectivity index (χ0v) is 9.60. The molecule has 3 heterocycles. The third-order valence-electron chi connectivity index (χ3n) is 3.41. The number of fused-ring (bicyclic) bond motifs is 1. The Balaban J connectivity index is 2.00. The van der Waals surface area contributed by atoms with Crippen LogP contribution in [0.25, 0.3) is 5.52 Å². The van der Waals surface area contributed by atoms with Crippen LogP contribution in [-0.2, 0) is 6.42 Å². The van der Waals surface area contributed by atoms with Gasteiger partial charge in [0.15, 0.2) is 6.29 Å². The lowest BCUT2D eigenvalue weighted by Gasteiger charge is -2.08. The Labute approximate surface area is 99.7 Å². The van der Waals surface area contributed by atoms with E-state index in [1.807, 2.05) is 28.8 Å². The van der Waals surface area contributed by atoms with E-state index in [-0.39, 0.29) is 0 Å². The van der Waals surface area contributed by atoms with E-state index in [2.05, 4.69) is 10.3 Å². The van der Waals surface area contributed by atoms with E-state index in [9.17, 15) is 4.79 Å². The molecule has 0 aromatic carbocycles. The SMILES string of the molecule is O=Cc1cccc2cnc(CC3CCNC3)n12. The molecule has 2 aromatic heterocycles. The van der Waals surface area contributed by atoms with Crippen LogP contribution in [0.5, 0.6) is 0 Å². The number of hydrogen-bond donors (Lipinski definition) is 1. The van der Waals surface area contributed by atoms with Crippen molar-refractivity contribution in [1.29, 1.82) is 0 Å². The molecule has 0 bridgehead atoms. The zero-order valence-electron chi connectivity index (χ0n) is 9.60. The van der Waals surface area contributed by atoms with E-state index in [1.54, 1.807) is 0 Å². The van der Waals surface area contributed by atoms with Crippen molar-refractivity contribution in [3.63, 3.8) is 0 Å². The molecule has 0 spiro atoms. The van der Waals surface area contributed by atoms with Crippen molar-refractivity contribution in [2.75, 3.05) is 13.1 Å². The van der Waals surface area contributed by atoms with Crippen LogP contribution >= 0.6 is 0 Å². The highest BCUT2D eigenvalue weighted by atomic mass is 16.1. The number of pyridine rings is 1. The van der Waals surface area contributed by atoms with Crippen molar-refractivity contribution in [2.45, 2.75) is 12.8 Å². The summed E-state index contributed by atoms with van der Waals surface area (Å²) in [4.78, 5) is 15.5. The minimum Gasteiger partial charge on any atom is -0.316 e. The normalized spacial score (nSPS) is 19.9. The summed E-state index contributed by atoms with van der Waals surface area (Å²) < 4.78 is 1.96. The van der Waals surface area contributed by atoms with Gasteiger partial charge in [-0.05, 0) is 37.6 Å². The fourth-order valence-electron chi connectivity index (χ4n) is 2.52. The first kappa shape index (κ1) is 10.5. The van der Waals surface area contributed by atoms with Crippen LogP contribution < -0.4 is 5.32 Å². The third kappa shape index (κ3) is 1.85. The predicted molar refractivity (Wildman–Crippen MR) is 65.3 cm³/mol. The van der Waals surface area contributed by atoms with Gasteiger partial charge >= 0.3 is 0 Å². The van der Waals surface area contributed by atoms with Crippen molar-refractivity contribution >= 4 is 11.8 Å². The molecule has 1 N–H and O–H groups in total. The molecule has 0 amide bonds. The van der Waals surface area contributed by atoms with Crippen LogP contribution in [0.1, 0.15) is 22.7 Å². The average Bonchev–Trinajstić information content (AvgIpc) is 2.99. The van der Waals surface area contributed by atoms with Gasteiger partial charge in [0.2, 0.25) is 0 Å². The molecule has 1 unspecified atom stereocenters. The van der Waals surface area contributed by atoms with Gasteiger partial charge in [-0.25, -0.2) is 4.98 Å². The van der Waals surface area contributed by atoms with E-state index < -0.39 is 0 Å². The Kier molecular flexibility index (Phi) is 2.65. The molecule has 2 aromatic rings. The maximum absolute atomic E-state index is 11.0. The standard InChI is InChI=1S/C13H15N3O/c17-9-12-3-1-2-11-8-15-13(16(11)12)6-10-4-5-14-7-10/h1-3,8-10,14H,4-7H2. The van der Waals surface area contributed by atoms with Gasteiger partial charge in [-0.15, -0.1) is 0 Å². The van der Waals surface area contributed by atoms with Gasteiger partial charge in [0.25, 0.3) is 0 Å². The van der Waals surface area contributed by atoms with Crippen LogP contribution in [0.15, 0.2) is 24.4 Å². The quantitative estimate of drug-likeness (QED) is 0.807. The van der Waals surface area contributed by atoms with Gasteiger partial charge in [0.1, 0.15) is 5.82 Å². The largest absolute Gasteiger partial charge is 0.316 e. The smallest absolute Gasteiger partial charge is 0.166 e. The van der Waals surface area contributed by atoms with Gasteiger partial charge < -0.3 is 5.32 Å². The Hall–Kier alpha value is -1.68. The van der Waals surface area contributed by atoms with Crippen molar-refractivity contribution < 1.29 is 4.79 Å². The second-order valence-corrected chi connectivity index (χ2v) is 4.57. The van der Waals surface area contributed by atoms with Crippen molar-refractivity contribution in [1.82, 2.24) is 14.7 Å². The summed E-state index contributed by atoms with van der Waals surface area (Å²) in [7, 11) is 0. The summed E-state index contributed by atoms with van der Waals surface area (Å²) >= 11 is 0. The molecule has 1 aliphatic rings. The van der Waals surface area contributed by atoms with E-state index >= 15 is 0 Å². The monoisotopic (exact) mass is 229 g/mol. The zero-order chi connectivity index (χ0) is 11.7. The summed E-state index contributed by atoms with van der Waals surface area (Å²) in [5.74, 6) is 1.64. The van der Waals surface area contributed by atoms with Crippen LogP contribution in [0.3, 0.4) is 0 Å². The number of imidazole rings is 1. The summed E-state index contributed by atoms with van der Waals surface area (Å²) in [6, 6.07) is 5.70. The van der Waals surface area contributed by atoms with Crippen LogP contribution in [-0.4, -0.2) is 28.8 Å². The molecule has 1 atom stereocenters. The lowest BCUT2D eigenvalue weighted by molar-refractivity contribution is 0.111. The topological polar surface area (TPSA) is 46.4 Å².